The molecule has 19 heavy (non-hydrogen) atoms. The Labute approximate surface area is 117 Å². The van der Waals surface area contributed by atoms with Gasteiger partial charge in [-0.15, -0.1) is 11.3 Å². The van der Waals surface area contributed by atoms with Gasteiger partial charge in [-0.1, -0.05) is 37.3 Å². The molecule has 1 aliphatic carbocycles. The van der Waals surface area contributed by atoms with Gasteiger partial charge < -0.3 is 5.32 Å². The van der Waals surface area contributed by atoms with E-state index in [1.165, 1.54) is 26.9 Å². The lowest BCUT2D eigenvalue weighted by molar-refractivity contribution is 0.563. The lowest BCUT2D eigenvalue weighted by atomic mass is 9.92. The second-order valence-electron chi connectivity index (χ2n) is 5.26. The van der Waals surface area contributed by atoms with E-state index in [1.54, 1.807) is 11.3 Å². The Kier molecular flexibility index (Phi) is 2.39. The molecule has 1 aromatic heterocycles. The van der Waals surface area contributed by atoms with Gasteiger partial charge in [0.2, 0.25) is 0 Å². The summed E-state index contributed by atoms with van der Waals surface area (Å²) in [6.07, 6.45) is 8.94. The molecule has 0 spiro atoms. The van der Waals surface area contributed by atoms with Crippen molar-refractivity contribution in [3.05, 3.63) is 65.1 Å². The first-order valence-electron chi connectivity index (χ1n) is 6.65. The van der Waals surface area contributed by atoms with Gasteiger partial charge in [0, 0.05) is 10.4 Å². The first-order chi connectivity index (χ1) is 9.31. The Balaban J connectivity index is 1.75. The van der Waals surface area contributed by atoms with E-state index >= 15 is 0 Å². The lowest BCUT2D eigenvalue weighted by Gasteiger charge is -2.22. The van der Waals surface area contributed by atoms with Crippen molar-refractivity contribution in [2.45, 2.75) is 13.0 Å². The van der Waals surface area contributed by atoms with Crippen LogP contribution in [0.5, 0.6) is 0 Å². The molecule has 1 aromatic carbocycles. The van der Waals surface area contributed by atoms with E-state index in [2.05, 4.69) is 66.2 Å². The van der Waals surface area contributed by atoms with Crippen molar-refractivity contribution in [2.24, 2.45) is 5.92 Å². The van der Waals surface area contributed by atoms with Gasteiger partial charge in [0.15, 0.2) is 0 Å². The quantitative estimate of drug-likeness (QED) is 0.808. The monoisotopic (exact) mass is 265 g/mol. The van der Waals surface area contributed by atoms with Crippen LogP contribution in [-0.4, -0.2) is 6.04 Å². The van der Waals surface area contributed by atoms with Crippen LogP contribution in [0.3, 0.4) is 0 Å². The van der Waals surface area contributed by atoms with Gasteiger partial charge in [0.1, 0.15) is 0 Å². The van der Waals surface area contributed by atoms with E-state index in [-0.39, 0.29) is 0 Å². The molecule has 2 atom stereocenters. The van der Waals surface area contributed by atoms with Crippen LogP contribution in [0.1, 0.15) is 12.5 Å². The number of hydrogen-bond donors (Lipinski definition) is 1. The minimum atomic E-state index is 0.444. The molecule has 0 bridgehead atoms. The first kappa shape index (κ1) is 11.1. The van der Waals surface area contributed by atoms with Crippen LogP contribution >= 0.6 is 11.3 Å². The fraction of sp³-hybridized carbons (Fsp3) is 0.176. The van der Waals surface area contributed by atoms with Gasteiger partial charge in [-0.2, -0.15) is 0 Å². The van der Waals surface area contributed by atoms with E-state index in [4.69, 9.17) is 0 Å². The first-order valence-corrected chi connectivity index (χ1v) is 7.53. The smallest absolute Gasteiger partial charge is 0.0574 e. The Morgan fingerprint density at radius 2 is 2.16 bits per heavy atom. The van der Waals surface area contributed by atoms with Crippen LogP contribution in [-0.2, 0) is 0 Å². The molecule has 0 radical (unpaired) electrons. The highest BCUT2D eigenvalue weighted by atomic mass is 32.1. The molecule has 1 nitrogen and oxygen atoms in total. The molecule has 2 heteroatoms. The van der Waals surface area contributed by atoms with Crippen LogP contribution in [0, 0.1) is 5.92 Å². The van der Waals surface area contributed by atoms with Crippen molar-refractivity contribution in [1.29, 1.82) is 0 Å². The third-order valence-corrected chi connectivity index (χ3v) is 4.86. The predicted molar refractivity (Wildman–Crippen MR) is 83.1 cm³/mol. The molecular formula is C17H15NS. The maximum atomic E-state index is 3.66. The van der Waals surface area contributed by atoms with Crippen LogP contribution in [0.25, 0.3) is 15.8 Å². The van der Waals surface area contributed by atoms with Crippen LogP contribution in [0.4, 0.5) is 0 Å². The summed E-state index contributed by atoms with van der Waals surface area (Å²) in [5.74, 6) is 0.555. The number of thiophene rings is 1. The lowest BCUT2D eigenvalue weighted by Crippen LogP contribution is -2.30. The topological polar surface area (TPSA) is 12.0 Å². The van der Waals surface area contributed by atoms with Crippen LogP contribution in [0.15, 0.2) is 59.5 Å². The summed E-state index contributed by atoms with van der Waals surface area (Å²) in [6, 6.07) is 9.33. The molecule has 4 rings (SSSR count). The molecule has 0 fully saturated rings. The molecule has 0 amide bonds. The summed E-state index contributed by atoms with van der Waals surface area (Å²) in [7, 11) is 0. The Hall–Kier alpha value is -1.80. The summed E-state index contributed by atoms with van der Waals surface area (Å²) < 4.78 is 1.36. The zero-order valence-corrected chi connectivity index (χ0v) is 11.6. The Bertz CT molecular complexity index is 733. The molecule has 94 valence electrons. The number of benzene rings is 1. The molecular weight excluding hydrogens is 250 g/mol. The number of fused-ring (bicyclic) bond motifs is 2. The molecule has 2 aromatic rings. The van der Waals surface area contributed by atoms with E-state index in [0.29, 0.717) is 12.0 Å². The average molecular weight is 265 g/mol. The number of allylic oxidation sites excluding steroid dienone is 2. The van der Waals surface area contributed by atoms with Gasteiger partial charge in [-0.3, -0.25) is 0 Å². The standard InChI is InChI=1S/C17H15NS/c1-11-3-2-4-14-9-15(18-17(11)14)13-6-5-12-7-8-19-16(12)10-13/h2-11,17-18H,1H3. The summed E-state index contributed by atoms with van der Waals surface area (Å²) in [4.78, 5) is 0. The second-order valence-corrected chi connectivity index (χ2v) is 6.21. The fourth-order valence-electron chi connectivity index (χ4n) is 2.88. The maximum absolute atomic E-state index is 3.66. The Morgan fingerprint density at radius 1 is 1.21 bits per heavy atom. The van der Waals surface area contributed by atoms with Gasteiger partial charge in [-0.05, 0) is 46.0 Å². The summed E-state index contributed by atoms with van der Waals surface area (Å²) in [6.45, 7) is 2.26. The van der Waals surface area contributed by atoms with E-state index in [9.17, 15) is 0 Å². The number of rotatable bonds is 1. The largest absolute Gasteiger partial charge is 0.377 e. The van der Waals surface area contributed by atoms with E-state index in [1.807, 2.05) is 0 Å². The molecule has 0 saturated heterocycles. The number of hydrogen-bond acceptors (Lipinski definition) is 2. The third kappa shape index (κ3) is 1.75. The second kappa shape index (κ2) is 4.10. The van der Waals surface area contributed by atoms with Gasteiger partial charge in [0.25, 0.3) is 0 Å². The third-order valence-electron chi connectivity index (χ3n) is 3.98. The van der Waals surface area contributed by atoms with Crippen LogP contribution < -0.4 is 5.32 Å². The van der Waals surface area contributed by atoms with Gasteiger partial charge in [-0.25, -0.2) is 0 Å². The fourth-order valence-corrected chi connectivity index (χ4v) is 3.71. The normalized spacial score (nSPS) is 24.9. The van der Waals surface area contributed by atoms with Gasteiger partial charge in [0.05, 0.1) is 6.04 Å². The molecule has 2 aliphatic rings. The summed E-state index contributed by atoms with van der Waals surface area (Å²) >= 11 is 1.80. The van der Waals surface area contributed by atoms with Gasteiger partial charge >= 0.3 is 0 Å². The highest BCUT2D eigenvalue weighted by Crippen LogP contribution is 2.32. The number of nitrogens with one attached hydrogen (secondary N) is 1. The van der Waals surface area contributed by atoms with E-state index in [0.717, 1.165) is 0 Å². The zero-order chi connectivity index (χ0) is 12.8. The van der Waals surface area contributed by atoms with Crippen molar-refractivity contribution in [2.75, 3.05) is 0 Å². The zero-order valence-electron chi connectivity index (χ0n) is 10.8. The molecule has 1 N–H and O–H groups in total. The van der Waals surface area contributed by atoms with E-state index < -0.39 is 0 Å². The molecule has 1 aliphatic heterocycles. The molecule has 2 unspecified atom stereocenters. The molecule has 0 saturated carbocycles. The summed E-state index contributed by atoms with van der Waals surface area (Å²) in [5, 5.41) is 7.15. The van der Waals surface area contributed by atoms with Crippen molar-refractivity contribution >= 4 is 27.1 Å². The van der Waals surface area contributed by atoms with Crippen molar-refractivity contribution in [3.63, 3.8) is 0 Å². The minimum Gasteiger partial charge on any atom is -0.377 e. The SMILES string of the molecule is CC1C=CC=C2C=C(c3ccc4ccsc4c3)NC21. The predicted octanol–water partition coefficient (Wildman–Crippen LogP) is 4.35. The van der Waals surface area contributed by atoms with Crippen molar-refractivity contribution in [1.82, 2.24) is 5.32 Å². The average Bonchev–Trinajstić information content (AvgIpc) is 3.04. The highest BCUT2D eigenvalue weighted by molar-refractivity contribution is 7.17. The van der Waals surface area contributed by atoms with Crippen LogP contribution in [0.2, 0.25) is 0 Å². The van der Waals surface area contributed by atoms with Crippen molar-refractivity contribution in [3.8, 4) is 0 Å². The minimum absolute atomic E-state index is 0.444. The highest BCUT2D eigenvalue weighted by Gasteiger charge is 2.26. The molecule has 2 heterocycles. The van der Waals surface area contributed by atoms with Crippen molar-refractivity contribution < 1.29 is 0 Å². The Morgan fingerprint density at radius 3 is 3.05 bits per heavy atom. The maximum Gasteiger partial charge on any atom is 0.0574 e. The summed E-state index contributed by atoms with van der Waals surface area (Å²) in [5.41, 5.74) is 3.94.